The standard InChI is InChI=1S/C8H16N3OP/c12-13(10-5-6-10,11-7-8-11)9-3-1-2-4-9/h1-8H2. The van der Waals surface area contributed by atoms with E-state index < -0.39 is 7.59 Å². The zero-order valence-electron chi connectivity index (χ0n) is 7.85. The summed E-state index contributed by atoms with van der Waals surface area (Å²) >= 11 is 0. The molecule has 3 rings (SSSR count). The molecule has 5 heteroatoms. The summed E-state index contributed by atoms with van der Waals surface area (Å²) in [6.45, 7) is 6.28. The Balaban J connectivity index is 1.83. The summed E-state index contributed by atoms with van der Waals surface area (Å²) in [4.78, 5) is 0. The molecule has 3 aliphatic heterocycles. The van der Waals surface area contributed by atoms with Crippen LogP contribution in [0.15, 0.2) is 0 Å². The molecule has 3 fully saturated rings. The Morgan fingerprint density at radius 2 is 1.08 bits per heavy atom. The summed E-state index contributed by atoms with van der Waals surface area (Å²) in [6.07, 6.45) is 2.46. The molecular weight excluding hydrogens is 185 g/mol. The number of rotatable bonds is 3. The Bertz CT molecular complexity index is 240. The minimum atomic E-state index is -2.19. The molecule has 0 aromatic rings. The molecule has 0 saturated carbocycles. The Kier molecular flexibility index (Phi) is 1.81. The van der Waals surface area contributed by atoms with Gasteiger partial charge in [0.15, 0.2) is 0 Å². The SMILES string of the molecule is O=P(N1CCCC1)(N1CC1)N1CC1. The van der Waals surface area contributed by atoms with Gasteiger partial charge in [0.2, 0.25) is 0 Å². The van der Waals surface area contributed by atoms with Crippen molar-refractivity contribution >= 4 is 7.59 Å². The highest BCUT2D eigenvalue weighted by molar-refractivity contribution is 7.57. The van der Waals surface area contributed by atoms with Crippen LogP contribution in [0.3, 0.4) is 0 Å². The van der Waals surface area contributed by atoms with E-state index in [1.165, 1.54) is 12.8 Å². The molecule has 0 atom stereocenters. The van der Waals surface area contributed by atoms with Crippen molar-refractivity contribution in [2.45, 2.75) is 12.8 Å². The van der Waals surface area contributed by atoms with Gasteiger partial charge in [-0.25, -0.2) is 14.0 Å². The second-order valence-electron chi connectivity index (χ2n) is 4.08. The van der Waals surface area contributed by atoms with Gasteiger partial charge in [-0.3, -0.25) is 4.57 Å². The largest absolute Gasteiger partial charge is 0.287 e. The molecule has 0 bridgehead atoms. The summed E-state index contributed by atoms with van der Waals surface area (Å²) in [5.41, 5.74) is 0. The smallest absolute Gasteiger partial charge is 0.270 e. The van der Waals surface area contributed by atoms with Crippen LogP contribution in [0.5, 0.6) is 0 Å². The molecule has 13 heavy (non-hydrogen) atoms. The maximum absolute atomic E-state index is 12.7. The van der Waals surface area contributed by atoms with E-state index in [2.05, 4.69) is 14.0 Å². The lowest BCUT2D eigenvalue weighted by molar-refractivity contribution is 0.412. The average molecular weight is 201 g/mol. The topological polar surface area (TPSA) is 26.3 Å². The first-order valence-electron chi connectivity index (χ1n) is 5.18. The third kappa shape index (κ3) is 1.28. The van der Waals surface area contributed by atoms with Crippen molar-refractivity contribution in [3.8, 4) is 0 Å². The summed E-state index contributed by atoms with van der Waals surface area (Å²) in [6, 6.07) is 0. The second-order valence-corrected chi connectivity index (χ2v) is 6.80. The lowest BCUT2D eigenvalue weighted by Gasteiger charge is -2.29. The molecule has 4 nitrogen and oxygen atoms in total. The van der Waals surface area contributed by atoms with E-state index in [0.717, 1.165) is 39.3 Å². The molecule has 0 aromatic carbocycles. The van der Waals surface area contributed by atoms with Crippen molar-refractivity contribution in [3.05, 3.63) is 0 Å². The van der Waals surface area contributed by atoms with Gasteiger partial charge in [0, 0.05) is 39.3 Å². The van der Waals surface area contributed by atoms with E-state index in [9.17, 15) is 4.57 Å². The second kappa shape index (κ2) is 2.80. The summed E-state index contributed by atoms with van der Waals surface area (Å²) in [7, 11) is -2.19. The maximum Gasteiger partial charge on any atom is 0.287 e. The molecule has 3 heterocycles. The molecule has 3 saturated heterocycles. The van der Waals surface area contributed by atoms with Gasteiger partial charge >= 0.3 is 0 Å². The van der Waals surface area contributed by atoms with E-state index >= 15 is 0 Å². The van der Waals surface area contributed by atoms with Crippen LogP contribution in [0, 0.1) is 0 Å². The Morgan fingerprint density at radius 1 is 0.692 bits per heavy atom. The van der Waals surface area contributed by atoms with Crippen molar-refractivity contribution in [2.24, 2.45) is 0 Å². The Hall–Kier alpha value is 0.110. The molecule has 3 aliphatic rings. The summed E-state index contributed by atoms with van der Waals surface area (Å²) in [5.74, 6) is 0. The van der Waals surface area contributed by atoms with Crippen LogP contribution in [0.2, 0.25) is 0 Å². The molecule has 0 aromatic heterocycles. The minimum Gasteiger partial charge on any atom is -0.270 e. The number of nitrogens with zero attached hydrogens (tertiary/aromatic N) is 3. The van der Waals surface area contributed by atoms with E-state index in [1.54, 1.807) is 0 Å². The van der Waals surface area contributed by atoms with Crippen LogP contribution >= 0.6 is 7.59 Å². The predicted molar refractivity (Wildman–Crippen MR) is 51.6 cm³/mol. The maximum atomic E-state index is 12.7. The number of hydrogen-bond donors (Lipinski definition) is 0. The van der Waals surface area contributed by atoms with Crippen molar-refractivity contribution in [2.75, 3.05) is 39.3 Å². The van der Waals surface area contributed by atoms with E-state index in [0.29, 0.717) is 0 Å². The first-order chi connectivity index (χ1) is 6.32. The third-order valence-electron chi connectivity index (χ3n) is 3.04. The molecule has 0 amide bonds. The molecule has 0 unspecified atom stereocenters. The van der Waals surface area contributed by atoms with Gasteiger partial charge in [-0.05, 0) is 12.8 Å². The molecule has 0 spiro atoms. The summed E-state index contributed by atoms with van der Waals surface area (Å²) in [5, 5.41) is 0. The lowest BCUT2D eigenvalue weighted by atomic mass is 10.4. The average Bonchev–Trinajstić information content (AvgIpc) is 3.01. The fourth-order valence-corrected chi connectivity index (χ4v) is 5.21. The highest BCUT2D eigenvalue weighted by atomic mass is 31.2. The molecule has 74 valence electrons. The van der Waals surface area contributed by atoms with Crippen molar-refractivity contribution in [1.82, 2.24) is 14.0 Å². The molecule has 0 radical (unpaired) electrons. The number of hydrogen-bond acceptors (Lipinski definition) is 1. The van der Waals surface area contributed by atoms with Gasteiger partial charge < -0.3 is 0 Å². The van der Waals surface area contributed by atoms with Gasteiger partial charge in [-0.2, -0.15) is 0 Å². The fourth-order valence-electron chi connectivity index (χ4n) is 2.11. The van der Waals surface area contributed by atoms with Crippen molar-refractivity contribution in [3.63, 3.8) is 0 Å². The third-order valence-corrected chi connectivity index (χ3v) is 6.45. The summed E-state index contributed by atoms with van der Waals surface area (Å²) < 4.78 is 19.3. The van der Waals surface area contributed by atoms with E-state index in [4.69, 9.17) is 0 Å². The zero-order valence-corrected chi connectivity index (χ0v) is 8.75. The van der Waals surface area contributed by atoms with Gasteiger partial charge in [-0.1, -0.05) is 0 Å². The van der Waals surface area contributed by atoms with Crippen LogP contribution in [0.4, 0.5) is 0 Å². The molecular formula is C8H16N3OP. The predicted octanol–water partition coefficient (Wildman–Crippen LogP) is 0.821. The minimum absolute atomic E-state index is 1.05. The first-order valence-corrected chi connectivity index (χ1v) is 6.75. The van der Waals surface area contributed by atoms with Crippen LogP contribution < -0.4 is 0 Å². The highest BCUT2D eigenvalue weighted by Crippen LogP contribution is 2.63. The van der Waals surface area contributed by atoms with Crippen molar-refractivity contribution < 1.29 is 4.57 Å². The van der Waals surface area contributed by atoms with Crippen LogP contribution in [0.1, 0.15) is 12.8 Å². The van der Waals surface area contributed by atoms with Crippen LogP contribution in [0.25, 0.3) is 0 Å². The quantitative estimate of drug-likeness (QED) is 0.499. The van der Waals surface area contributed by atoms with E-state index in [1.807, 2.05) is 0 Å². The van der Waals surface area contributed by atoms with Gasteiger partial charge in [0.05, 0.1) is 0 Å². The van der Waals surface area contributed by atoms with Gasteiger partial charge in [0.1, 0.15) is 0 Å². The van der Waals surface area contributed by atoms with Crippen molar-refractivity contribution in [1.29, 1.82) is 0 Å². The molecule has 0 N–H and O–H groups in total. The Morgan fingerprint density at radius 3 is 1.46 bits per heavy atom. The monoisotopic (exact) mass is 201 g/mol. The normalized spacial score (nSPS) is 31.1. The highest BCUT2D eigenvalue weighted by Gasteiger charge is 2.52. The van der Waals surface area contributed by atoms with Gasteiger partial charge in [0.25, 0.3) is 7.59 Å². The Labute approximate surface area is 79.0 Å². The molecule has 0 aliphatic carbocycles. The van der Waals surface area contributed by atoms with Crippen LogP contribution in [-0.4, -0.2) is 53.3 Å². The fraction of sp³-hybridized carbons (Fsp3) is 1.00. The first kappa shape index (κ1) is 8.42. The van der Waals surface area contributed by atoms with E-state index in [-0.39, 0.29) is 0 Å². The zero-order chi connectivity index (χ0) is 8.89. The lowest BCUT2D eigenvalue weighted by Crippen LogP contribution is -2.24. The van der Waals surface area contributed by atoms with Crippen LogP contribution in [-0.2, 0) is 4.57 Å². The van der Waals surface area contributed by atoms with Gasteiger partial charge in [-0.15, -0.1) is 0 Å².